The summed E-state index contributed by atoms with van der Waals surface area (Å²) in [5.41, 5.74) is 0.444. The predicted octanol–water partition coefficient (Wildman–Crippen LogP) is 2.80. The third kappa shape index (κ3) is 4.72. The molecule has 0 aliphatic carbocycles. The van der Waals surface area contributed by atoms with Gasteiger partial charge in [-0.1, -0.05) is 6.07 Å². The maximum atomic E-state index is 11.9. The second-order valence-corrected chi connectivity index (χ2v) is 6.25. The minimum atomic E-state index is -0.578. The first-order chi connectivity index (χ1) is 12.4. The molecule has 0 spiro atoms. The summed E-state index contributed by atoms with van der Waals surface area (Å²) < 4.78 is 10.9. The second kappa shape index (κ2) is 7.13. The standard InChI is InChI=1S/C16H17N7O3/c1-16(2,3)26-15(24)19-10-5-4-6-11(7-10)25-13-8-12(17-9-18-13)14-20-22-23-21-14/h4-9H,1-3H3,(H,19,24)(H,20,21,22,23). The zero-order valence-corrected chi connectivity index (χ0v) is 14.4. The van der Waals surface area contributed by atoms with Gasteiger partial charge >= 0.3 is 6.09 Å². The van der Waals surface area contributed by atoms with Crippen LogP contribution in [-0.2, 0) is 4.74 Å². The van der Waals surface area contributed by atoms with Gasteiger partial charge < -0.3 is 9.47 Å². The highest BCUT2D eigenvalue weighted by Crippen LogP contribution is 2.24. The highest BCUT2D eigenvalue weighted by Gasteiger charge is 2.16. The fourth-order valence-corrected chi connectivity index (χ4v) is 1.97. The monoisotopic (exact) mass is 355 g/mol. The van der Waals surface area contributed by atoms with Crippen molar-refractivity contribution in [3.05, 3.63) is 36.7 Å². The predicted molar refractivity (Wildman–Crippen MR) is 91.6 cm³/mol. The van der Waals surface area contributed by atoms with Crippen LogP contribution in [0.25, 0.3) is 11.5 Å². The van der Waals surface area contributed by atoms with Gasteiger partial charge in [0.2, 0.25) is 5.88 Å². The topological polar surface area (TPSA) is 128 Å². The highest BCUT2D eigenvalue weighted by molar-refractivity contribution is 5.85. The van der Waals surface area contributed by atoms with E-state index in [1.165, 1.54) is 6.33 Å². The molecular formula is C16H17N7O3. The summed E-state index contributed by atoms with van der Waals surface area (Å²) in [6.45, 7) is 5.38. The molecule has 2 aromatic heterocycles. The lowest BCUT2D eigenvalue weighted by atomic mass is 10.2. The second-order valence-electron chi connectivity index (χ2n) is 6.25. The van der Waals surface area contributed by atoms with Crippen molar-refractivity contribution in [2.24, 2.45) is 0 Å². The molecule has 1 aromatic carbocycles. The van der Waals surface area contributed by atoms with Crippen LogP contribution in [0.2, 0.25) is 0 Å². The normalized spacial score (nSPS) is 11.0. The van der Waals surface area contributed by atoms with Gasteiger partial charge in [-0.25, -0.2) is 19.9 Å². The maximum absolute atomic E-state index is 11.9. The van der Waals surface area contributed by atoms with Gasteiger partial charge in [0.05, 0.1) is 0 Å². The molecule has 2 N–H and O–H groups in total. The number of benzene rings is 1. The van der Waals surface area contributed by atoms with Gasteiger partial charge in [-0.05, 0) is 43.3 Å². The lowest BCUT2D eigenvalue weighted by Gasteiger charge is -2.19. The van der Waals surface area contributed by atoms with Crippen LogP contribution in [-0.4, -0.2) is 42.3 Å². The Morgan fingerprint density at radius 3 is 2.77 bits per heavy atom. The molecular weight excluding hydrogens is 338 g/mol. The maximum Gasteiger partial charge on any atom is 0.412 e. The van der Waals surface area contributed by atoms with Crippen molar-refractivity contribution in [3.63, 3.8) is 0 Å². The van der Waals surface area contributed by atoms with E-state index in [-0.39, 0.29) is 0 Å². The van der Waals surface area contributed by atoms with Gasteiger partial charge in [0.1, 0.15) is 23.4 Å². The Hall–Kier alpha value is -3.56. The zero-order valence-electron chi connectivity index (χ0n) is 14.4. The van der Waals surface area contributed by atoms with Gasteiger partial charge in [0, 0.05) is 17.8 Å². The first-order valence-corrected chi connectivity index (χ1v) is 7.73. The van der Waals surface area contributed by atoms with Crippen LogP contribution < -0.4 is 10.1 Å². The van der Waals surface area contributed by atoms with Crippen molar-refractivity contribution in [1.82, 2.24) is 30.6 Å². The van der Waals surface area contributed by atoms with Crippen molar-refractivity contribution in [1.29, 1.82) is 0 Å². The Bertz CT molecular complexity index is 891. The van der Waals surface area contributed by atoms with Crippen LogP contribution in [0, 0.1) is 0 Å². The van der Waals surface area contributed by atoms with E-state index in [0.29, 0.717) is 28.8 Å². The highest BCUT2D eigenvalue weighted by atomic mass is 16.6. The smallest absolute Gasteiger partial charge is 0.412 e. The summed E-state index contributed by atoms with van der Waals surface area (Å²) in [6.07, 6.45) is 0.799. The zero-order chi connectivity index (χ0) is 18.6. The molecule has 3 aromatic rings. The molecule has 0 fully saturated rings. The molecule has 0 saturated heterocycles. The lowest BCUT2D eigenvalue weighted by Crippen LogP contribution is -2.27. The SMILES string of the molecule is CC(C)(C)OC(=O)Nc1cccc(Oc2cc(-c3nnn[nH]3)ncn2)c1. The van der Waals surface area contributed by atoms with Crippen molar-refractivity contribution in [2.75, 3.05) is 5.32 Å². The Balaban J connectivity index is 1.71. The number of aromatic nitrogens is 6. The fourth-order valence-electron chi connectivity index (χ4n) is 1.97. The lowest BCUT2D eigenvalue weighted by molar-refractivity contribution is 0.0636. The molecule has 0 unspecified atom stereocenters. The van der Waals surface area contributed by atoms with Crippen LogP contribution in [0.3, 0.4) is 0 Å². The number of anilines is 1. The third-order valence-electron chi connectivity index (χ3n) is 2.93. The molecule has 0 aliphatic rings. The van der Waals surface area contributed by atoms with E-state index < -0.39 is 11.7 Å². The van der Waals surface area contributed by atoms with E-state index in [1.54, 1.807) is 51.1 Å². The molecule has 10 nitrogen and oxygen atoms in total. The summed E-state index contributed by atoms with van der Waals surface area (Å²) >= 11 is 0. The van der Waals surface area contributed by atoms with E-state index in [0.717, 1.165) is 0 Å². The van der Waals surface area contributed by atoms with Crippen LogP contribution in [0.5, 0.6) is 11.6 Å². The Kier molecular flexibility index (Phi) is 4.74. The molecule has 134 valence electrons. The van der Waals surface area contributed by atoms with Crippen LogP contribution in [0.1, 0.15) is 20.8 Å². The number of aromatic amines is 1. The van der Waals surface area contributed by atoms with Gasteiger partial charge in [-0.3, -0.25) is 5.32 Å². The van der Waals surface area contributed by atoms with E-state index in [1.807, 2.05) is 0 Å². The van der Waals surface area contributed by atoms with Crippen molar-refractivity contribution >= 4 is 11.8 Å². The molecule has 2 heterocycles. The van der Waals surface area contributed by atoms with Crippen LogP contribution in [0.15, 0.2) is 36.7 Å². The number of tetrazole rings is 1. The van der Waals surface area contributed by atoms with E-state index in [2.05, 4.69) is 35.9 Å². The average molecular weight is 355 g/mol. The number of nitrogens with one attached hydrogen (secondary N) is 2. The summed E-state index contributed by atoms with van der Waals surface area (Å²) in [7, 11) is 0. The molecule has 26 heavy (non-hydrogen) atoms. The number of ether oxygens (including phenoxy) is 2. The molecule has 0 atom stereocenters. The number of amides is 1. The number of H-pyrrole nitrogens is 1. The Morgan fingerprint density at radius 1 is 1.19 bits per heavy atom. The number of nitrogens with zero attached hydrogens (tertiary/aromatic N) is 5. The molecule has 0 aliphatic heterocycles. The van der Waals surface area contributed by atoms with Crippen molar-refractivity contribution < 1.29 is 14.3 Å². The number of carbonyl (C=O) groups excluding carboxylic acids is 1. The molecule has 10 heteroatoms. The van der Waals surface area contributed by atoms with Gasteiger partial charge in [0.15, 0.2) is 5.82 Å². The number of carbonyl (C=O) groups is 1. The minimum Gasteiger partial charge on any atom is -0.444 e. The molecule has 0 radical (unpaired) electrons. The van der Waals surface area contributed by atoms with Crippen LogP contribution >= 0.6 is 0 Å². The first-order valence-electron chi connectivity index (χ1n) is 7.73. The summed E-state index contributed by atoms with van der Waals surface area (Å²) in [5.74, 6) is 1.19. The quantitative estimate of drug-likeness (QED) is 0.731. The van der Waals surface area contributed by atoms with Crippen molar-refractivity contribution in [3.8, 4) is 23.1 Å². The van der Waals surface area contributed by atoms with Crippen molar-refractivity contribution in [2.45, 2.75) is 26.4 Å². The summed E-state index contributed by atoms with van der Waals surface area (Å²) in [5, 5.41) is 16.1. The Morgan fingerprint density at radius 2 is 2.04 bits per heavy atom. The molecule has 3 rings (SSSR count). The largest absolute Gasteiger partial charge is 0.444 e. The first kappa shape index (κ1) is 17.3. The third-order valence-corrected chi connectivity index (χ3v) is 2.93. The molecule has 0 saturated carbocycles. The summed E-state index contributed by atoms with van der Waals surface area (Å²) in [4.78, 5) is 20.0. The fraction of sp³-hybridized carbons (Fsp3) is 0.250. The van der Waals surface area contributed by atoms with E-state index >= 15 is 0 Å². The average Bonchev–Trinajstić information content (AvgIpc) is 3.08. The Labute approximate surface area is 149 Å². The van der Waals surface area contributed by atoms with Gasteiger partial charge in [-0.15, -0.1) is 5.10 Å². The number of rotatable bonds is 4. The van der Waals surface area contributed by atoms with E-state index in [9.17, 15) is 4.79 Å². The molecule has 1 amide bonds. The van der Waals surface area contributed by atoms with Crippen LogP contribution in [0.4, 0.5) is 10.5 Å². The minimum absolute atomic E-state index is 0.306. The molecule has 0 bridgehead atoms. The van der Waals surface area contributed by atoms with Gasteiger partial charge in [-0.2, -0.15) is 0 Å². The summed E-state index contributed by atoms with van der Waals surface area (Å²) in [6, 6.07) is 8.45. The van der Waals surface area contributed by atoms with Gasteiger partial charge in [0.25, 0.3) is 0 Å². The van der Waals surface area contributed by atoms with E-state index in [4.69, 9.17) is 9.47 Å². The number of hydrogen-bond donors (Lipinski definition) is 2. The number of hydrogen-bond acceptors (Lipinski definition) is 8.